The van der Waals surface area contributed by atoms with E-state index in [9.17, 15) is 0 Å². The predicted octanol–water partition coefficient (Wildman–Crippen LogP) is 9.30. The van der Waals surface area contributed by atoms with Crippen LogP contribution >= 0.6 is 0 Å². The largest absolute Gasteiger partial charge is 0.489 e. The fraction of sp³-hybridized carbons (Fsp3) is 0.690. The van der Waals surface area contributed by atoms with Crippen molar-refractivity contribution in [3.05, 3.63) is 53.9 Å². The number of ether oxygens (including phenoxy) is 5. The molecule has 0 bridgehead atoms. The third-order valence-corrected chi connectivity index (χ3v) is 9.22. The van der Waals surface area contributed by atoms with Gasteiger partial charge in [-0.3, -0.25) is 0 Å². The molecule has 0 amide bonds. The van der Waals surface area contributed by atoms with Gasteiger partial charge in [0.25, 0.3) is 0 Å². The van der Waals surface area contributed by atoms with Crippen LogP contribution in [0, 0.1) is 0 Å². The third-order valence-electron chi connectivity index (χ3n) is 9.22. The summed E-state index contributed by atoms with van der Waals surface area (Å²) in [5.41, 5.74) is 3.33. The maximum absolute atomic E-state index is 6.21. The average Bonchev–Trinajstić information content (AvgIpc) is 3.12. The summed E-state index contributed by atoms with van der Waals surface area (Å²) < 4.78 is 31.1. The molecule has 0 atom stereocenters. The summed E-state index contributed by atoms with van der Waals surface area (Å²) in [6.07, 6.45) is 31.2. The standard InChI is InChI=1S/C42H69N2O5/c1-3-4-5-6-7-8-9-10-11-12-13-14-15-16-17-18-25-44-26-23-39(24-27-44)19-20-40-21-22-41-42(38-40)49-37-36-48-35-34-47-33-32-46-31-30-45-29-28-43(41)2/h19-24,26-27,38H,3-18,25,28-37H2,1-2H3/q+1. The Labute approximate surface area is 299 Å². The fourth-order valence-corrected chi connectivity index (χ4v) is 6.12. The van der Waals surface area contributed by atoms with E-state index in [2.05, 4.69) is 78.3 Å². The summed E-state index contributed by atoms with van der Waals surface area (Å²) in [7, 11) is 2.07. The molecular formula is C42H69N2O5+. The highest BCUT2D eigenvalue weighted by Crippen LogP contribution is 2.30. The van der Waals surface area contributed by atoms with Crippen LogP contribution in [-0.4, -0.2) is 73.1 Å². The number of aromatic nitrogens is 1. The molecule has 0 spiro atoms. The second-order valence-electron chi connectivity index (χ2n) is 13.5. The highest BCUT2D eigenvalue weighted by atomic mass is 16.6. The molecule has 7 nitrogen and oxygen atoms in total. The van der Waals surface area contributed by atoms with Crippen LogP contribution in [0.3, 0.4) is 0 Å². The van der Waals surface area contributed by atoms with Crippen molar-refractivity contribution in [1.82, 2.24) is 0 Å². The van der Waals surface area contributed by atoms with Crippen molar-refractivity contribution in [2.24, 2.45) is 0 Å². The van der Waals surface area contributed by atoms with Crippen molar-refractivity contribution in [3.63, 3.8) is 0 Å². The van der Waals surface area contributed by atoms with Crippen molar-refractivity contribution < 1.29 is 28.3 Å². The Morgan fingerprint density at radius 3 is 1.57 bits per heavy atom. The van der Waals surface area contributed by atoms with Gasteiger partial charge < -0.3 is 28.6 Å². The molecule has 2 heterocycles. The molecule has 1 aromatic carbocycles. The SMILES string of the molecule is CCCCCCCCCCCCCCCCCC[n+]1ccc(/C=C/c2ccc3c(c2)OCCOCCOCCOCCOCCN3C)cc1. The minimum absolute atomic E-state index is 0.478. The van der Waals surface area contributed by atoms with Crippen LogP contribution in [0.15, 0.2) is 42.7 Å². The molecule has 0 saturated carbocycles. The fourth-order valence-electron chi connectivity index (χ4n) is 6.12. The smallest absolute Gasteiger partial charge is 0.169 e. The van der Waals surface area contributed by atoms with Crippen molar-refractivity contribution in [2.45, 2.75) is 116 Å². The zero-order valence-electron chi connectivity index (χ0n) is 31.2. The molecule has 49 heavy (non-hydrogen) atoms. The van der Waals surface area contributed by atoms with E-state index in [1.807, 2.05) is 0 Å². The number of unbranched alkanes of at least 4 members (excludes halogenated alkanes) is 15. The van der Waals surface area contributed by atoms with Crippen molar-refractivity contribution in [2.75, 3.05) is 78.0 Å². The molecule has 1 aliphatic rings. The summed E-state index contributed by atoms with van der Waals surface area (Å²) in [6.45, 7) is 9.12. The number of nitrogens with zero attached hydrogens (tertiary/aromatic N) is 2. The Bertz CT molecular complexity index is 1090. The first-order valence-electron chi connectivity index (χ1n) is 19.7. The van der Waals surface area contributed by atoms with Crippen LogP contribution in [0.4, 0.5) is 5.69 Å². The predicted molar refractivity (Wildman–Crippen MR) is 204 cm³/mol. The first kappa shape index (κ1) is 41.0. The molecule has 0 unspecified atom stereocenters. The van der Waals surface area contributed by atoms with Gasteiger partial charge in [0, 0.05) is 32.1 Å². The van der Waals surface area contributed by atoms with Gasteiger partial charge >= 0.3 is 0 Å². The van der Waals surface area contributed by atoms with E-state index >= 15 is 0 Å². The molecule has 0 radical (unpaired) electrons. The molecule has 7 heteroatoms. The van der Waals surface area contributed by atoms with E-state index < -0.39 is 0 Å². The number of aryl methyl sites for hydroxylation is 1. The summed E-state index contributed by atoms with van der Waals surface area (Å²) in [6, 6.07) is 10.8. The van der Waals surface area contributed by atoms with Crippen molar-refractivity contribution in [1.29, 1.82) is 0 Å². The Balaban J connectivity index is 1.33. The lowest BCUT2D eigenvalue weighted by atomic mass is 10.0. The first-order chi connectivity index (χ1) is 24.3. The number of hydrogen-bond donors (Lipinski definition) is 0. The zero-order valence-corrected chi connectivity index (χ0v) is 31.2. The molecule has 0 saturated heterocycles. The lowest BCUT2D eigenvalue weighted by Crippen LogP contribution is -2.32. The van der Waals surface area contributed by atoms with Crippen LogP contribution in [0.1, 0.15) is 121 Å². The van der Waals surface area contributed by atoms with E-state index in [1.54, 1.807) is 0 Å². The van der Waals surface area contributed by atoms with Gasteiger partial charge in [-0.25, -0.2) is 4.57 Å². The van der Waals surface area contributed by atoms with Gasteiger partial charge in [-0.05, 0) is 29.7 Å². The second kappa shape index (κ2) is 28.3. The van der Waals surface area contributed by atoms with E-state index in [0.29, 0.717) is 59.5 Å². The Kier molecular flexibility index (Phi) is 23.6. The van der Waals surface area contributed by atoms with Gasteiger partial charge in [0.15, 0.2) is 12.4 Å². The van der Waals surface area contributed by atoms with Gasteiger partial charge in [0.1, 0.15) is 18.9 Å². The van der Waals surface area contributed by atoms with Gasteiger partial charge in [0.05, 0.1) is 58.5 Å². The Morgan fingerprint density at radius 1 is 0.551 bits per heavy atom. The molecule has 1 aliphatic heterocycles. The molecule has 0 fully saturated rings. The summed E-state index contributed by atoms with van der Waals surface area (Å²) in [5, 5.41) is 0. The quantitative estimate of drug-likeness (QED) is 0.109. The number of anilines is 1. The third kappa shape index (κ3) is 20.1. The molecule has 276 valence electrons. The van der Waals surface area contributed by atoms with E-state index in [1.165, 1.54) is 108 Å². The van der Waals surface area contributed by atoms with E-state index in [4.69, 9.17) is 23.7 Å². The molecule has 0 aliphatic carbocycles. The van der Waals surface area contributed by atoms with Gasteiger partial charge in [-0.1, -0.05) is 115 Å². The minimum atomic E-state index is 0.478. The van der Waals surface area contributed by atoms with E-state index in [0.717, 1.165) is 30.1 Å². The first-order valence-corrected chi connectivity index (χ1v) is 19.7. The normalized spacial score (nSPS) is 15.8. The number of benzene rings is 1. The number of fused-ring (bicyclic) bond motifs is 1. The van der Waals surface area contributed by atoms with Crippen molar-refractivity contribution in [3.8, 4) is 5.75 Å². The van der Waals surface area contributed by atoms with Gasteiger partial charge in [-0.15, -0.1) is 0 Å². The molecule has 1 aromatic heterocycles. The number of rotatable bonds is 19. The van der Waals surface area contributed by atoms with Crippen LogP contribution < -0.4 is 14.2 Å². The lowest BCUT2D eigenvalue weighted by molar-refractivity contribution is -0.697. The van der Waals surface area contributed by atoms with Crippen molar-refractivity contribution >= 4 is 17.8 Å². The second-order valence-corrected chi connectivity index (χ2v) is 13.5. The average molecular weight is 682 g/mol. The maximum Gasteiger partial charge on any atom is 0.169 e. The molecule has 3 rings (SSSR count). The summed E-state index contributed by atoms with van der Waals surface area (Å²) in [5.74, 6) is 0.846. The minimum Gasteiger partial charge on any atom is -0.489 e. The Hall–Kier alpha value is -2.45. The van der Waals surface area contributed by atoms with Crippen LogP contribution in [-0.2, 0) is 25.5 Å². The zero-order chi connectivity index (χ0) is 34.5. The topological polar surface area (TPSA) is 53.3 Å². The van der Waals surface area contributed by atoms with Crippen LogP contribution in [0.2, 0.25) is 0 Å². The monoisotopic (exact) mass is 682 g/mol. The Morgan fingerprint density at radius 2 is 1.02 bits per heavy atom. The number of likely N-dealkylation sites (N-methyl/N-ethyl adjacent to an activating group) is 1. The van der Waals surface area contributed by atoms with Gasteiger partial charge in [0.2, 0.25) is 0 Å². The van der Waals surface area contributed by atoms with Crippen LogP contribution in [0.5, 0.6) is 5.75 Å². The van der Waals surface area contributed by atoms with E-state index in [-0.39, 0.29) is 0 Å². The van der Waals surface area contributed by atoms with Crippen LogP contribution in [0.25, 0.3) is 12.2 Å². The van der Waals surface area contributed by atoms with Gasteiger partial charge in [-0.2, -0.15) is 0 Å². The highest BCUT2D eigenvalue weighted by molar-refractivity contribution is 5.72. The number of hydrogen-bond acceptors (Lipinski definition) is 6. The molecular weight excluding hydrogens is 612 g/mol. The number of pyridine rings is 1. The maximum atomic E-state index is 6.21. The highest BCUT2D eigenvalue weighted by Gasteiger charge is 2.11. The summed E-state index contributed by atoms with van der Waals surface area (Å²) in [4.78, 5) is 2.18. The molecule has 0 N–H and O–H groups in total. The molecule has 2 aromatic rings. The lowest BCUT2D eigenvalue weighted by Gasteiger charge is -2.23. The summed E-state index contributed by atoms with van der Waals surface area (Å²) >= 11 is 0.